The molecule has 17 heavy (non-hydrogen) atoms. The summed E-state index contributed by atoms with van der Waals surface area (Å²) in [4.78, 5) is 0. The standard InChI is InChI=1S/C13H15N3O/c1-17-11-5-3-2-4-9(11)12-10(8-15-16-12)13(14)6-7-13/h2-5,8H,6-7,14H2,1H3,(H,15,16). The highest BCUT2D eigenvalue weighted by atomic mass is 16.5. The number of nitrogens with zero attached hydrogens (tertiary/aromatic N) is 1. The molecule has 1 aromatic heterocycles. The molecule has 0 saturated heterocycles. The average molecular weight is 229 g/mol. The van der Waals surface area contributed by atoms with Gasteiger partial charge in [0, 0.05) is 16.7 Å². The molecule has 0 spiro atoms. The highest BCUT2D eigenvalue weighted by Crippen LogP contribution is 2.46. The van der Waals surface area contributed by atoms with Crippen LogP contribution in [-0.4, -0.2) is 17.3 Å². The first-order valence-corrected chi connectivity index (χ1v) is 5.71. The van der Waals surface area contributed by atoms with E-state index in [4.69, 9.17) is 10.5 Å². The Hall–Kier alpha value is -1.81. The van der Waals surface area contributed by atoms with Crippen molar-refractivity contribution in [1.29, 1.82) is 0 Å². The fourth-order valence-electron chi connectivity index (χ4n) is 2.12. The van der Waals surface area contributed by atoms with Gasteiger partial charge in [0.1, 0.15) is 5.75 Å². The number of para-hydroxylation sites is 1. The van der Waals surface area contributed by atoms with Crippen LogP contribution >= 0.6 is 0 Å². The minimum atomic E-state index is -0.191. The number of aromatic nitrogens is 2. The van der Waals surface area contributed by atoms with E-state index in [1.54, 1.807) is 7.11 Å². The maximum Gasteiger partial charge on any atom is 0.128 e. The van der Waals surface area contributed by atoms with E-state index in [1.807, 2.05) is 30.5 Å². The number of hydrogen-bond acceptors (Lipinski definition) is 3. The van der Waals surface area contributed by atoms with Gasteiger partial charge in [-0.15, -0.1) is 0 Å². The molecule has 1 aromatic carbocycles. The van der Waals surface area contributed by atoms with E-state index in [2.05, 4.69) is 10.2 Å². The maximum absolute atomic E-state index is 6.24. The topological polar surface area (TPSA) is 63.9 Å². The Morgan fingerprint density at radius 3 is 2.82 bits per heavy atom. The summed E-state index contributed by atoms with van der Waals surface area (Å²) in [5.74, 6) is 0.835. The van der Waals surface area contributed by atoms with Gasteiger partial charge in [0.15, 0.2) is 0 Å². The summed E-state index contributed by atoms with van der Waals surface area (Å²) in [7, 11) is 1.67. The lowest BCUT2D eigenvalue weighted by Crippen LogP contribution is -2.18. The van der Waals surface area contributed by atoms with Crippen molar-refractivity contribution >= 4 is 0 Å². The van der Waals surface area contributed by atoms with Gasteiger partial charge in [0.25, 0.3) is 0 Å². The number of benzene rings is 1. The third-order valence-corrected chi connectivity index (χ3v) is 3.34. The number of H-pyrrole nitrogens is 1. The van der Waals surface area contributed by atoms with Gasteiger partial charge in [-0.25, -0.2) is 0 Å². The molecule has 1 heterocycles. The summed E-state index contributed by atoms with van der Waals surface area (Å²) >= 11 is 0. The second-order valence-corrected chi connectivity index (χ2v) is 4.52. The Morgan fingerprint density at radius 1 is 1.35 bits per heavy atom. The molecule has 3 N–H and O–H groups in total. The van der Waals surface area contributed by atoms with Gasteiger partial charge in [0.05, 0.1) is 19.0 Å². The molecule has 0 radical (unpaired) electrons. The van der Waals surface area contributed by atoms with Gasteiger partial charge in [-0.1, -0.05) is 12.1 Å². The lowest BCUT2D eigenvalue weighted by Gasteiger charge is -2.12. The zero-order chi connectivity index (χ0) is 11.9. The van der Waals surface area contributed by atoms with Crippen LogP contribution < -0.4 is 10.5 Å². The van der Waals surface area contributed by atoms with Gasteiger partial charge in [0.2, 0.25) is 0 Å². The Bertz CT molecular complexity index is 543. The fraction of sp³-hybridized carbons (Fsp3) is 0.308. The third-order valence-electron chi connectivity index (χ3n) is 3.34. The van der Waals surface area contributed by atoms with Crippen molar-refractivity contribution in [3.05, 3.63) is 36.0 Å². The van der Waals surface area contributed by atoms with Crippen molar-refractivity contribution < 1.29 is 4.74 Å². The molecule has 3 rings (SSSR count). The zero-order valence-corrected chi connectivity index (χ0v) is 9.73. The lowest BCUT2D eigenvalue weighted by atomic mass is 10.0. The Labute approximate surface area is 99.8 Å². The van der Waals surface area contributed by atoms with Crippen molar-refractivity contribution in [3.8, 4) is 17.0 Å². The second-order valence-electron chi connectivity index (χ2n) is 4.52. The second kappa shape index (κ2) is 3.60. The molecule has 0 atom stereocenters. The van der Waals surface area contributed by atoms with Crippen LogP contribution in [0.25, 0.3) is 11.3 Å². The van der Waals surface area contributed by atoms with Gasteiger partial charge in [-0.2, -0.15) is 5.10 Å². The summed E-state index contributed by atoms with van der Waals surface area (Å²) in [6.45, 7) is 0. The van der Waals surface area contributed by atoms with Gasteiger partial charge in [-0.05, 0) is 25.0 Å². The average Bonchev–Trinajstić information content (AvgIpc) is 2.94. The molecule has 2 aromatic rings. The SMILES string of the molecule is COc1ccccc1-c1[nH]ncc1C1(N)CC1. The van der Waals surface area contributed by atoms with Gasteiger partial charge < -0.3 is 10.5 Å². The predicted molar refractivity (Wildman–Crippen MR) is 65.7 cm³/mol. The van der Waals surface area contributed by atoms with Crippen molar-refractivity contribution in [2.24, 2.45) is 5.73 Å². The van der Waals surface area contributed by atoms with E-state index in [1.165, 1.54) is 0 Å². The van der Waals surface area contributed by atoms with E-state index >= 15 is 0 Å². The van der Waals surface area contributed by atoms with E-state index in [9.17, 15) is 0 Å². The highest BCUT2D eigenvalue weighted by Gasteiger charge is 2.43. The van der Waals surface area contributed by atoms with Crippen molar-refractivity contribution in [3.63, 3.8) is 0 Å². The summed E-state index contributed by atoms with van der Waals surface area (Å²) in [6.07, 6.45) is 3.87. The number of methoxy groups -OCH3 is 1. The van der Waals surface area contributed by atoms with Crippen LogP contribution in [0.3, 0.4) is 0 Å². The first kappa shape index (κ1) is 10.4. The molecule has 1 aliphatic rings. The number of aromatic amines is 1. The largest absolute Gasteiger partial charge is 0.496 e. The molecule has 88 valence electrons. The number of ether oxygens (including phenoxy) is 1. The predicted octanol–water partition coefficient (Wildman–Crippen LogP) is 2.03. The van der Waals surface area contributed by atoms with E-state index in [0.29, 0.717) is 0 Å². The van der Waals surface area contributed by atoms with E-state index in [-0.39, 0.29) is 5.54 Å². The highest BCUT2D eigenvalue weighted by molar-refractivity contribution is 5.71. The first-order chi connectivity index (χ1) is 8.24. The molecule has 0 unspecified atom stereocenters. The van der Waals surface area contributed by atoms with Crippen molar-refractivity contribution in [1.82, 2.24) is 10.2 Å². The molecular formula is C13H15N3O. The molecule has 1 fully saturated rings. The summed E-state index contributed by atoms with van der Waals surface area (Å²) in [5, 5.41) is 7.15. The monoisotopic (exact) mass is 229 g/mol. The molecular weight excluding hydrogens is 214 g/mol. The van der Waals surface area contributed by atoms with Crippen molar-refractivity contribution in [2.75, 3.05) is 7.11 Å². The normalized spacial score (nSPS) is 16.8. The van der Waals surface area contributed by atoms with Crippen LogP contribution in [0, 0.1) is 0 Å². The third kappa shape index (κ3) is 1.61. The molecule has 4 nitrogen and oxygen atoms in total. The van der Waals surface area contributed by atoms with Crippen LogP contribution in [0.2, 0.25) is 0 Å². The van der Waals surface area contributed by atoms with Crippen molar-refractivity contribution in [2.45, 2.75) is 18.4 Å². The Kier molecular flexibility index (Phi) is 2.19. The maximum atomic E-state index is 6.24. The van der Waals surface area contributed by atoms with E-state index in [0.717, 1.165) is 35.4 Å². The lowest BCUT2D eigenvalue weighted by molar-refractivity contribution is 0.416. The smallest absolute Gasteiger partial charge is 0.128 e. The van der Waals surface area contributed by atoms with Crippen LogP contribution in [0.1, 0.15) is 18.4 Å². The van der Waals surface area contributed by atoms with E-state index < -0.39 is 0 Å². The van der Waals surface area contributed by atoms with Gasteiger partial charge in [-0.3, -0.25) is 5.10 Å². The summed E-state index contributed by atoms with van der Waals surface area (Å²) in [6, 6.07) is 7.89. The molecule has 4 heteroatoms. The number of nitrogens with two attached hydrogens (primary N) is 1. The summed E-state index contributed by atoms with van der Waals surface area (Å²) < 4.78 is 5.37. The Balaban J connectivity index is 2.12. The minimum Gasteiger partial charge on any atom is -0.496 e. The molecule has 1 saturated carbocycles. The quantitative estimate of drug-likeness (QED) is 0.846. The zero-order valence-electron chi connectivity index (χ0n) is 9.73. The number of nitrogens with one attached hydrogen (secondary N) is 1. The minimum absolute atomic E-state index is 0.191. The first-order valence-electron chi connectivity index (χ1n) is 5.71. The Morgan fingerprint density at radius 2 is 2.12 bits per heavy atom. The molecule has 0 bridgehead atoms. The van der Waals surface area contributed by atoms with Gasteiger partial charge >= 0.3 is 0 Å². The fourth-order valence-corrected chi connectivity index (χ4v) is 2.12. The van der Waals surface area contributed by atoms with Crippen LogP contribution in [0.5, 0.6) is 5.75 Å². The number of hydrogen-bond donors (Lipinski definition) is 2. The van der Waals surface area contributed by atoms with Crippen LogP contribution in [0.4, 0.5) is 0 Å². The van der Waals surface area contributed by atoms with Crippen LogP contribution in [-0.2, 0) is 5.54 Å². The summed E-state index contributed by atoms with van der Waals surface area (Å²) in [5.41, 5.74) is 9.12. The molecule has 1 aliphatic carbocycles. The number of rotatable bonds is 3. The van der Waals surface area contributed by atoms with Crippen LogP contribution in [0.15, 0.2) is 30.5 Å². The molecule has 0 amide bonds. The molecule has 0 aliphatic heterocycles.